The first-order chi connectivity index (χ1) is 16.9. The number of allylic oxidation sites excluding steroid dienone is 1. The molecule has 9 nitrogen and oxygen atoms in total. The zero-order valence-corrected chi connectivity index (χ0v) is 21.7. The van der Waals surface area contributed by atoms with Gasteiger partial charge in [0, 0.05) is 24.2 Å². The summed E-state index contributed by atoms with van der Waals surface area (Å²) >= 11 is 0. The lowest BCUT2D eigenvalue weighted by atomic mass is 9.46. The Morgan fingerprint density at radius 1 is 1.06 bits per heavy atom. The SMILES string of the molecule is COC(=O)O[C@]1(C(=O)COC(=O)OC(C)C)CC[C@H]2[C@@H]3CCC4=CC(=O)CC[C@]4(C)[C@H]3C(=O)C[C@@]21C. The highest BCUT2D eigenvalue weighted by molar-refractivity contribution is 5.95. The summed E-state index contributed by atoms with van der Waals surface area (Å²) in [6.45, 7) is 6.61. The summed E-state index contributed by atoms with van der Waals surface area (Å²) in [6, 6.07) is 0. The first-order valence-corrected chi connectivity index (χ1v) is 12.8. The molecular weight excluding hydrogens is 468 g/mol. The predicted octanol–water partition coefficient (Wildman–Crippen LogP) is 4.35. The molecule has 0 aromatic carbocycles. The van der Waals surface area contributed by atoms with Crippen LogP contribution in [0.25, 0.3) is 0 Å². The number of methoxy groups -OCH3 is 1. The standard InChI is InChI=1S/C27H36O9/c1-15(2)35-24(32)34-14-21(30)27(36-23(31)33-5)11-9-19-18-7-6-16-12-17(28)8-10-25(16,3)22(18)20(29)13-26(19,27)4/h12,15,18-19,22H,6-11,13-14H2,1-5H3/t18-,19-,22+,25-,26-,27-/m0/s1. The minimum atomic E-state index is -1.66. The van der Waals surface area contributed by atoms with Crippen LogP contribution < -0.4 is 0 Å². The molecule has 0 unspecified atom stereocenters. The molecule has 4 aliphatic rings. The van der Waals surface area contributed by atoms with Crippen LogP contribution >= 0.6 is 0 Å². The number of rotatable bonds is 5. The highest BCUT2D eigenvalue weighted by atomic mass is 16.7. The van der Waals surface area contributed by atoms with E-state index in [0.29, 0.717) is 19.3 Å². The normalized spacial score (nSPS) is 37.3. The van der Waals surface area contributed by atoms with Crippen LogP contribution in [-0.2, 0) is 33.3 Å². The van der Waals surface area contributed by atoms with Gasteiger partial charge < -0.3 is 18.9 Å². The van der Waals surface area contributed by atoms with Crippen LogP contribution in [-0.4, -0.2) is 55.1 Å². The second-order valence-electron chi connectivity index (χ2n) is 11.5. The quantitative estimate of drug-likeness (QED) is 0.503. The molecule has 36 heavy (non-hydrogen) atoms. The average molecular weight is 505 g/mol. The van der Waals surface area contributed by atoms with E-state index in [1.807, 2.05) is 6.92 Å². The van der Waals surface area contributed by atoms with Crippen molar-refractivity contribution in [2.45, 2.75) is 84.3 Å². The average Bonchev–Trinajstić information content (AvgIpc) is 3.09. The third kappa shape index (κ3) is 4.04. The van der Waals surface area contributed by atoms with Gasteiger partial charge in [-0.1, -0.05) is 19.4 Å². The van der Waals surface area contributed by atoms with Gasteiger partial charge in [0.15, 0.2) is 18.0 Å². The molecule has 0 heterocycles. The fourth-order valence-electron chi connectivity index (χ4n) is 7.71. The molecule has 0 radical (unpaired) electrons. The third-order valence-corrected chi connectivity index (χ3v) is 9.30. The molecule has 0 aliphatic heterocycles. The van der Waals surface area contributed by atoms with Crippen molar-refractivity contribution in [2.75, 3.05) is 13.7 Å². The van der Waals surface area contributed by atoms with Crippen molar-refractivity contribution >= 4 is 29.7 Å². The van der Waals surface area contributed by atoms with Gasteiger partial charge in [-0.15, -0.1) is 0 Å². The van der Waals surface area contributed by atoms with E-state index in [0.717, 1.165) is 25.5 Å². The van der Waals surface area contributed by atoms with Crippen molar-refractivity contribution in [3.05, 3.63) is 11.6 Å². The zero-order chi connectivity index (χ0) is 26.5. The van der Waals surface area contributed by atoms with Crippen molar-refractivity contribution in [2.24, 2.45) is 28.6 Å². The van der Waals surface area contributed by atoms with Gasteiger partial charge in [0.2, 0.25) is 5.78 Å². The van der Waals surface area contributed by atoms with Crippen molar-refractivity contribution in [3.8, 4) is 0 Å². The zero-order valence-electron chi connectivity index (χ0n) is 21.7. The van der Waals surface area contributed by atoms with Crippen LogP contribution in [0.5, 0.6) is 0 Å². The number of ketones is 3. The largest absolute Gasteiger partial charge is 0.509 e. The monoisotopic (exact) mass is 504 g/mol. The molecule has 0 aromatic rings. The summed E-state index contributed by atoms with van der Waals surface area (Å²) in [5, 5.41) is 0. The maximum atomic E-state index is 13.9. The van der Waals surface area contributed by atoms with Gasteiger partial charge in [0.1, 0.15) is 5.78 Å². The lowest BCUT2D eigenvalue weighted by Gasteiger charge is -2.57. The molecule has 0 amide bonds. The van der Waals surface area contributed by atoms with Gasteiger partial charge in [-0.25, -0.2) is 9.59 Å². The maximum absolute atomic E-state index is 13.9. The van der Waals surface area contributed by atoms with Gasteiger partial charge in [-0.2, -0.15) is 0 Å². The number of carbonyl (C=O) groups is 5. The van der Waals surface area contributed by atoms with Gasteiger partial charge in [0.05, 0.1) is 13.2 Å². The summed E-state index contributed by atoms with van der Waals surface area (Å²) in [5.74, 6) is -0.765. The van der Waals surface area contributed by atoms with Crippen molar-refractivity contribution in [1.29, 1.82) is 0 Å². The Labute approximate surface area is 211 Å². The fourth-order valence-corrected chi connectivity index (χ4v) is 7.71. The number of Topliss-reactive ketones (excluding diaryl/α,β-unsaturated/α-hetero) is 2. The van der Waals surface area contributed by atoms with E-state index in [1.54, 1.807) is 19.9 Å². The molecule has 6 atom stereocenters. The fraction of sp³-hybridized carbons (Fsp3) is 0.741. The number of hydrogen-bond acceptors (Lipinski definition) is 9. The van der Waals surface area contributed by atoms with Crippen LogP contribution in [0.3, 0.4) is 0 Å². The Balaban J connectivity index is 1.67. The molecular formula is C27H36O9. The Bertz CT molecular complexity index is 1010. The van der Waals surface area contributed by atoms with Gasteiger partial charge >= 0.3 is 12.3 Å². The van der Waals surface area contributed by atoms with E-state index in [1.165, 1.54) is 0 Å². The minimum Gasteiger partial charge on any atom is -0.438 e. The second kappa shape index (κ2) is 9.30. The van der Waals surface area contributed by atoms with E-state index in [4.69, 9.17) is 18.9 Å². The lowest BCUT2D eigenvalue weighted by molar-refractivity contribution is -0.174. The van der Waals surface area contributed by atoms with Crippen molar-refractivity contribution in [3.63, 3.8) is 0 Å². The van der Waals surface area contributed by atoms with Gasteiger partial charge in [-0.05, 0) is 69.3 Å². The van der Waals surface area contributed by atoms with Crippen LogP contribution in [0, 0.1) is 28.6 Å². The Kier molecular flexibility index (Phi) is 6.81. The smallest absolute Gasteiger partial charge is 0.438 e. The first kappa shape index (κ1) is 26.4. The molecule has 0 saturated heterocycles. The highest BCUT2D eigenvalue weighted by Crippen LogP contribution is 2.67. The molecule has 0 aromatic heterocycles. The summed E-state index contributed by atoms with van der Waals surface area (Å²) in [7, 11) is 1.16. The molecule has 4 rings (SSSR count). The van der Waals surface area contributed by atoms with E-state index in [2.05, 4.69) is 6.92 Å². The van der Waals surface area contributed by atoms with Crippen LogP contribution in [0.1, 0.15) is 72.6 Å². The summed E-state index contributed by atoms with van der Waals surface area (Å²) in [6.07, 6.45) is 2.67. The number of carbonyl (C=O) groups excluding carboxylic acids is 5. The lowest BCUT2D eigenvalue weighted by Crippen LogP contribution is -2.62. The van der Waals surface area contributed by atoms with E-state index < -0.39 is 41.8 Å². The number of hydrogen-bond donors (Lipinski definition) is 0. The predicted molar refractivity (Wildman–Crippen MR) is 126 cm³/mol. The van der Waals surface area contributed by atoms with Gasteiger partial charge in [0.25, 0.3) is 0 Å². The van der Waals surface area contributed by atoms with E-state index in [9.17, 15) is 24.0 Å². The molecule has 3 saturated carbocycles. The van der Waals surface area contributed by atoms with Crippen LogP contribution in [0.15, 0.2) is 11.6 Å². The van der Waals surface area contributed by atoms with Gasteiger partial charge in [-0.3, -0.25) is 14.4 Å². The second-order valence-corrected chi connectivity index (χ2v) is 11.5. The molecule has 0 N–H and O–H groups in total. The molecule has 0 bridgehead atoms. The maximum Gasteiger partial charge on any atom is 0.509 e. The summed E-state index contributed by atoms with van der Waals surface area (Å²) < 4.78 is 20.5. The molecule has 0 spiro atoms. The Morgan fingerprint density at radius 3 is 2.44 bits per heavy atom. The molecule has 4 aliphatic carbocycles. The van der Waals surface area contributed by atoms with Crippen LogP contribution in [0.4, 0.5) is 9.59 Å². The number of fused-ring (bicyclic) bond motifs is 5. The molecule has 198 valence electrons. The topological polar surface area (TPSA) is 122 Å². The van der Waals surface area contributed by atoms with Crippen molar-refractivity contribution < 1.29 is 42.9 Å². The number of ether oxygens (including phenoxy) is 4. The minimum absolute atomic E-state index is 0.00523. The van der Waals surface area contributed by atoms with Crippen LogP contribution in [0.2, 0.25) is 0 Å². The van der Waals surface area contributed by atoms with Crippen molar-refractivity contribution in [1.82, 2.24) is 0 Å². The first-order valence-electron chi connectivity index (χ1n) is 12.8. The van der Waals surface area contributed by atoms with E-state index in [-0.39, 0.29) is 47.6 Å². The summed E-state index contributed by atoms with van der Waals surface area (Å²) in [5.41, 5.74) is -1.97. The van der Waals surface area contributed by atoms with E-state index >= 15 is 0 Å². The highest BCUT2D eigenvalue weighted by Gasteiger charge is 2.71. The molecule has 9 heteroatoms. The Morgan fingerprint density at radius 2 is 1.78 bits per heavy atom. The summed E-state index contributed by atoms with van der Waals surface area (Å²) in [4.78, 5) is 63.9. The Hall–Kier alpha value is -2.71. The third-order valence-electron chi connectivity index (χ3n) is 9.30. The molecule has 3 fully saturated rings.